The van der Waals surface area contributed by atoms with Crippen molar-refractivity contribution >= 4 is 11.7 Å². The molecule has 124 valence electrons. The standard InChI is InChI=1S/C16H30N6/c1-13(15-17-7-3-4-8-18-15)11-21-22-12-14(2)16-19-9-5-6-10-20-16/h13-14H,3-12H2,1-2H3,(H,17,18)(H,19,20). The van der Waals surface area contributed by atoms with Gasteiger partial charge < -0.3 is 10.6 Å². The average molecular weight is 306 g/mol. The molecule has 2 N–H and O–H groups in total. The minimum absolute atomic E-state index is 0.325. The molecular formula is C16H30N6. The van der Waals surface area contributed by atoms with E-state index in [0.29, 0.717) is 24.9 Å². The topological polar surface area (TPSA) is 73.5 Å². The molecule has 0 radical (unpaired) electrons. The molecule has 0 aromatic heterocycles. The first-order valence-electron chi connectivity index (χ1n) is 8.67. The van der Waals surface area contributed by atoms with Crippen LogP contribution in [0.5, 0.6) is 0 Å². The van der Waals surface area contributed by atoms with Crippen LogP contribution in [-0.4, -0.2) is 50.9 Å². The predicted octanol–water partition coefficient (Wildman–Crippen LogP) is 2.27. The Kier molecular flexibility index (Phi) is 7.33. The summed E-state index contributed by atoms with van der Waals surface area (Å²) in [6.07, 6.45) is 4.76. The van der Waals surface area contributed by atoms with Crippen LogP contribution in [0.2, 0.25) is 0 Å². The number of nitrogens with one attached hydrogen (secondary N) is 2. The lowest BCUT2D eigenvalue weighted by Crippen LogP contribution is -2.31. The summed E-state index contributed by atoms with van der Waals surface area (Å²) >= 11 is 0. The molecule has 2 aliphatic heterocycles. The first-order chi connectivity index (χ1) is 10.8. The van der Waals surface area contributed by atoms with E-state index in [4.69, 9.17) is 0 Å². The molecule has 6 nitrogen and oxygen atoms in total. The monoisotopic (exact) mass is 306 g/mol. The fourth-order valence-electron chi connectivity index (χ4n) is 2.61. The summed E-state index contributed by atoms with van der Waals surface area (Å²) in [5, 5.41) is 15.5. The van der Waals surface area contributed by atoms with Crippen LogP contribution >= 0.6 is 0 Å². The smallest absolute Gasteiger partial charge is 0.101 e. The van der Waals surface area contributed by atoms with Crippen molar-refractivity contribution < 1.29 is 0 Å². The molecule has 0 fully saturated rings. The number of aliphatic imine (C=N–C) groups is 2. The Hall–Kier alpha value is -1.46. The number of rotatable bonds is 6. The molecule has 0 bridgehead atoms. The van der Waals surface area contributed by atoms with Crippen LogP contribution in [0.25, 0.3) is 0 Å². The molecule has 0 aliphatic carbocycles. The van der Waals surface area contributed by atoms with Crippen molar-refractivity contribution in [3.63, 3.8) is 0 Å². The molecular weight excluding hydrogens is 276 g/mol. The Morgan fingerprint density at radius 3 is 1.73 bits per heavy atom. The second-order valence-corrected chi connectivity index (χ2v) is 6.25. The van der Waals surface area contributed by atoms with Crippen molar-refractivity contribution in [2.75, 3.05) is 39.3 Å². The molecule has 2 heterocycles. The normalized spacial score (nSPS) is 22.6. The van der Waals surface area contributed by atoms with E-state index in [-0.39, 0.29) is 0 Å². The van der Waals surface area contributed by atoms with E-state index in [1.165, 1.54) is 25.7 Å². The average Bonchev–Trinajstić information content (AvgIpc) is 2.95. The van der Waals surface area contributed by atoms with E-state index >= 15 is 0 Å². The summed E-state index contributed by atoms with van der Waals surface area (Å²) < 4.78 is 0. The lowest BCUT2D eigenvalue weighted by Gasteiger charge is -2.14. The fourth-order valence-corrected chi connectivity index (χ4v) is 2.61. The molecule has 2 atom stereocenters. The van der Waals surface area contributed by atoms with Crippen molar-refractivity contribution in [1.29, 1.82) is 0 Å². The Bertz CT molecular complexity index is 377. The van der Waals surface area contributed by atoms with Crippen LogP contribution in [-0.2, 0) is 0 Å². The minimum atomic E-state index is 0.325. The van der Waals surface area contributed by atoms with Gasteiger partial charge in [0.2, 0.25) is 0 Å². The minimum Gasteiger partial charge on any atom is -0.374 e. The highest BCUT2D eigenvalue weighted by Crippen LogP contribution is 2.06. The van der Waals surface area contributed by atoms with E-state index in [1.807, 2.05) is 0 Å². The van der Waals surface area contributed by atoms with Gasteiger partial charge in [0.25, 0.3) is 0 Å². The molecule has 0 aromatic carbocycles. The largest absolute Gasteiger partial charge is 0.374 e. The number of amidine groups is 2. The second kappa shape index (κ2) is 9.54. The van der Waals surface area contributed by atoms with Crippen molar-refractivity contribution in [2.24, 2.45) is 32.0 Å². The number of azo groups is 1. The van der Waals surface area contributed by atoms with Gasteiger partial charge in [-0.05, 0) is 25.7 Å². The van der Waals surface area contributed by atoms with Crippen LogP contribution in [0, 0.1) is 11.8 Å². The second-order valence-electron chi connectivity index (χ2n) is 6.25. The first-order valence-corrected chi connectivity index (χ1v) is 8.67. The molecule has 2 aliphatic rings. The van der Waals surface area contributed by atoms with Gasteiger partial charge in [-0.25, -0.2) is 0 Å². The van der Waals surface area contributed by atoms with Gasteiger partial charge in [0.1, 0.15) is 11.7 Å². The summed E-state index contributed by atoms with van der Waals surface area (Å²) in [6.45, 7) is 9.67. The summed E-state index contributed by atoms with van der Waals surface area (Å²) in [5.74, 6) is 2.84. The molecule has 2 unspecified atom stereocenters. The highest BCUT2D eigenvalue weighted by molar-refractivity contribution is 5.85. The summed E-state index contributed by atoms with van der Waals surface area (Å²) in [4.78, 5) is 9.19. The maximum absolute atomic E-state index is 4.60. The van der Waals surface area contributed by atoms with Gasteiger partial charge in [-0.2, -0.15) is 10.2 Å². The van der Waals surface area contributed by atoms with Gasteiger partial charge in [-0.3, -0.25) is 9.98 Å². The van der Waals surface area contributed by atoms with Gasteiger partial charge in [-0.15, -0.1) is 0 Å². The predicted molar refractivity (Wildman–Crippen MR) is 92.0 cm³/mol. The Balaban J connectivity index is 1.72. The fraction of sp³-hybridized carbons (Fsp3) is 0.875. The third-order valence-electron chi connectivity index (χ3n) is 4.09. The lowest BCUT2D eigenvalue weighted by molar-refractivity contribution is 0.660. The number of hydrogen-bond acceptors (Lipinski definition) is 6. The van der Waals surface area contributed by atoms with Crippen molar-refractivity contribution in [3.8, 4) is 0 Å². The summed E-state index contributed by atoms with van der Waals surface area (Å²) in [7, 11) is 0. The van der Waals surface area contributed by atoms with Crippen LogP contribution in [0.3, 0.4) is 0 Å². The van der Waals surface area contributed by atoms with Crippen LogP contribution in [0.4, 0.5) is 0 Å². The third kappa shape index (κ3) is 5.73. The first kappa shape index (κ1) is 16.9. The Morgan fingerprint density at radius 1 is 0.818 bits per heavy atom. The number of hydrogen-bond donors (Lipinski definition) is 2. The summed E-state index contributed by atoms with van der Waals surface area (Å²) in [5.41, 5.74) is 0. The third-order valence-corrected chi connectivity index (χ3v) is 4.09. The quantitative estimate of drug-likeness (QED) is 0.739. The van der Waals surface area contributed by atoms with Crippen LogP contribution < -0.4 is 10.6 Å². The van der Waals surface area contributed by atoms with E-state index in [0.717, 1.165) is 37.9 Å². The Morgan fingerprint density at radius 2 is 1.27 bits per heavy atom. The molecule has 22 heavy (non-hydrogen) atoms. The molecule has 6 heteroatoms. The van der Waals surface area contributed by atoms with E-state index in [9.17, 15) is 0 Å². The Labute approximate surface area is 134 Å². The molecule has 0 amide bonds. The van der Waals surface area contributed by atoms with Crippen molar-refractivity contribution in [2.45, 2.75) is 39.5 Å². The van der Waals surface area contributed by atoms with Crippen LogP contribution in [0.1, 0.15) is 39.5 Å². The van der Waals surface area contributed by atoms with E-state index in [2.05, 4.69) is 44.7 Å². The maximum atomic E-state index is 4.60. The van der Waals surface area contributed by atoms with Gasteiger partial charge in [0, 0.05) is 38.0 Å². The van der Waals surface area contributed by atoms with Gasteiger partial charge in [0.15, 0.2) is 0 Å². The van der Waals surface area contributed by atoms with E-state index < -0.39 is 0 Å². The highest BCUT2D eigenvalue weighted by Gasteiger charge is 2.13. The molecule has 0 spiro atoms. The van der Waals surface area contributed by atoms with Crippen LogP contribution in [0.15, 0.2) is 20.2 Å². The highest BCUT2D eigenvalue weighted by atomic mass is 15.1. The molecule has 0 aromatic rings. The van der Waals surface area contributed by atoms with E-state index in [1.54, 1.807) is 0 Å². The SMILES string of the molecule is CC(CN=NCC(C)C1=NCCCCN1)C1=NCCCCN1. The molecule has 0 saturated heterocycles. The maximum Gasteiger partial charge on any atom is 0.101 e. The molecule has 2 rings (SSSR count). The zero-order chi connectivity index (χ0) is 15.6. The summed E-state index contributed by atoms with van der Waals surface area (Å²) in [6, 6.07) is 0. The molecule has 0 saturated carbocycles. The van der Waals surface area contributed by atoms with Crippen molar-refractivity contribution in [3.05, 3.63) is 0 Å². The van der Waals surface area contributed by atoms with Gasteiger partial charge >= 0.3 is 0 Å². The zero-order valence-electron chi connectivity index (χ0n) is 14.0. The van der Waals surface area contributed by atoms with Crippen molar-refractivity contribution in [1.82, 2.24) is 10.6 Å². The van der Waals surface area contributed by atoms with Gasteiger partial charge in [-0.1, -0.05) is 13.8 Å². The lowest BCUT2D eigenvalue weighted by atomic mass is 10.1. The zero-order valence-corrected chi connectivity index (χ0v) is 14.0. The number of nitrogens with zero attached hydrogens (tertiary/aromatic N) is 4. The van der Waals surface area contributed by atoms with Gasteiger partial charge in [0.05, 0.1) is 13.1 Å².